The summed E-state index contributed by atoms with van der Waals surface area (Å²) in [4.78, 5) is 15.6. The van der Waals surface area contributed by atoms with Crippen LogP contribution in [0.1, 0.15) is 48.7 Å². The first-order valence-electron chi connectivity index (χ1n) is 11.4. The van der Waals surface area contributed by atoms with E-state index in [1.54, 1.807) is 16.4 Å². The van der Waals surface area contributed by atoms with Gasteiger partial charge in [-0.2, -0.15) is 5.10 Å². The Morgan fingerprint density at radius 1 is 1.18 bits per heavy atom. The first-order chi connectivity index (χ1) is 15.9. The highest BCUT2D eigenvalue weighted by Gasteiger charge is 2.34. The molecule has 2 heterocycles. The standard InChI is InChI=1S/C24H29ClN4O3S/c1-2-3-15-33(31,32)28-13-11-20(12-14-28)29(17-18-7-5-4-6-8-18)24(30)23-21-16-19(25)9-10-22(21)26-27-23/h4-10,16,20H,2-3,11-15,17H2,1H3,(H,26,27). The van der Waals surface area contributed by atoms with E-state index in [0.29, 0.717) is 55.0 Å². The van der Waals surface area contributed by atoms with Gasteiger partial charge in [0.2, 0.25) is 10.0 Å². The van der Waals surface area contributed by atoms with E-state index < -0.39 is 10.0 Å². The average Bonchev–Trinajstić information content (AvgIpc) is 3.24. The third kappa shape index (κ3) is 5.39. The SMILES string of the molecule is CCCCS(=O)(=O)N1CCC(N(Cc2ccccc2)C(=O)c2n[nH]c3ccc(Cl)cc23)CC1. The lowest BCUT2D eigenvalue weighted by atomic mass is 10.0. The molecule has 0 radical (unpaired) electrons. The zero-order valence-corrected chi connectivity index (χ0v) is 20.3. The predicted molar refractivity (Wildman–Crippen MR) is 131 cm³/mol. The van der Waals surface area contributed by atoms with Crippen LogP contribution in [0, 0.1) is 0 Å². The Morgan fingerprint density at radius 3 is 2.61 bits per heavy atom. The fourth-order valence-electron chi connectivity index (χ4n) is 4.32. The molecule has 4 rings (SSSR count). The van der Waals surface area contributed by atoms with Gasteiger partial charge in [0.1, 0.15) is 0 Å². The Morgan fingerprint density at radius 2 is 1.91 bits per heavy atom. The number of benzene rings is 2. The summed E-state index contributed by atoms with van der Waals surface area (Å²) in [7, 11) is -3.25. The Bertz CT molecular complexity index is 1200. The third-order valence-electron chi connectivity index (χ3n) is 6.20. The molecule has 2 aromatic carbocycles. The zero-order valence-electron chi connectivity index (χ0n) is 18.7. The van der Waals surface area contributed by atoms with Crippen LogP contribution in [-0.4, -0.2) is 58.6 Å². The van der Waals surface area contributed by atoms with Crippen LogP contribution < -0.4 is 0 Å². The van der Waals surface area contributed by atoms with E-state index in [4.69, 9.17) is 11.6 Å². The molecule has 0 aliphatic carbocycles. The van der Waals surface area contributed by atoms with Gasteiger partial charge < -0.3 is 4.90 Å². The highest BCUT2D eigenvalue weighted by Crippen LogP contribution is 2.26. The van der Waals surface area contributed by atoms with Crippen LogP contribution in [0.5, 0.6) is 0 Å². The number of carbonyl (C=O) groups excluding carboxylic acids is 1. The maximum atomic E-state index is 13.7. The number of H-pyrrole nitrogens is 1. The van der Waals surface area contributed by atoms with Crippen molar-refractivity contribution in [1.29, 1.82) is 0 Å². The fourth-order valence-corrected chi connectivity index (χ4v) is 6.17. The number of nitrogens with one attached hydrogen (secondary N) is 1. The molecule has 0 unspecified atom stereocenters. The number of rotatable bonds is 8. The Hall–Kier alpha value is -2.42. The highest BCUT2D eigenvalue weighted by molar-refractivity contribution is 7.89. The zero-order chi connectivity index (χ0) is 23.4. The minimum atomic E-state index is -3.25. The van der Waals surface area contributed by atoms with Crippen molar-refractivity contribution in [3.63, 3.8) is 0 Å². The summed E-state index contributed by atoms with van der Waals surface area (Å²) in [6.45, 7) is 3.26. The molecular formula is C24H29ClN4O3S. The van der Waals surface area contributed by atoms with E-state index in [1.165, 1.54) is 0 Å². The van der Waals surface area contributed by atoms with Crippen LogP contribution in [0.2, 0.25) is 5.02 Å². The topological polar surface area (TPSA) is 86.4 Å². The van der Waals surface area contributed by atoms with Gasteiger partial charge in [-0.05, 0) is 43.0 Å². The molecule has 0 spiro atoms. The molecule has 0 atom stereocenters. The van der Waals surface area contributed by atoms with Crippen molar-refractivity contribution in [3.8, 4) is 0 Å². The van der Waals surface area contributed by atoms with Crippen molar-refractivity contribution >= 4 is 38.4 Å². The summed E-state index contributed by atoms with van der Waals surface area (Å²) in [5.41, 5.74) is 2.10. The predicted octanol–water partition coefficient (Wildman–Crippen LogP) is 4.45. The van der Waals surface area contributed by atoms with Crippen LogP contribution in [0.25, 0.3) is 10.9 Å². The largest absolute Gasteiger partial charge is 0.330 e. The molecule has 1 amide bonds. The lowest BCUT2D eigenvalue weighted by molar-refractivity contribution is 0.0592. The van der Waals surface area contributed by atoms with Crippen molar-refractivity contribution in [1.82, 2.24) is 19.4 Å². The van der Waals surface area contributed by atoms with Gasteiger partial charge in [-0.1, -0.05) is 55.3 Å². The van der Waals surface area contributed by atoms with Gasteiger partial charge in [-0.15, -0.1) is 0 Å². The smallest absolute Gasteiger partial charge is 0.275 e. The first kappa shape index (κ1) is 23.7. The number of nitrogens with zero attached hydrogens (tertiary/aromatic N) is 3. The number of unbranched alkanes of at least 4 members (excludes halogenated alkanes) is 1. The lowest BCUT2D eigenvalue weighted by Crippen LogP contribution is -2.49. The Labute approximate surface area is 199 Å². The van der Waals surface area contributed by atoms with Crippen molar-refractivity contribution in [2.24, 2.45) is 0 Å². The molecule has 1 aliphatic rings. The molecule has 3 aromatic rings. The van der Waals surface area contributed by atoms with Crippen molar-refractivity contribution in [2.45, 2.75) is 45.2 Å². The number of amides is 1. The van der Waals surface area contributed by atoms with Gasteiger partial charge in [0.05, 0.1) is 11.3 Å². The van der Waals surface area contributed by atoms with Crippen molar-refractivity contribution < 1.29 is 13.2 Å². The number of sulfonamides is 1. The van der Waals surface area contributed by atoms with E-state index in [-0.39, 0.29) is 17.7 Å². The van der Waals surface area contributed by atoms with E-state index in [0.717, 1.165) is 17.5 Å². The van der Waals surface area contributed by atoms with Gasteiger partial charge in [-0.3, -0.25) is 9.89 Å². The van der Waals surface area contributed by atoms with Crippen LogP contribution in [0.15, 0.2) is 48.5 Å². The second kappa shape index (κ2) is 10.2. The van der Waals surface area contributed by atoms with E-state index in [2.05, 4.69) is 10.2 Å². The van der Waals surface area contributed by atoms with Gasteiger partial charge >= 0.3 is 0 Å². The summed E-state index contributed by atoms with van der Waals surface area (Å²) in [5, 5.41) is 8.45. The van der Waals surface area contributed by atoms with Crippen LogP contribution >= 0.6 is 11.6 Å². The lowest BCUT2D eigenvalue weighted by Gasteiger charge is -2.38. The van der Waals surface area contributed by atoms with Gasteiger partial charge in [0.25, 0.3) is 5.91 Å². The number of fused-ring (bicyclic) bond motifs is 1. The number of hydrogen-bond acceptors (Lipinski definition) is 4. The van der Waals surface area contributed by atoms with Crippen LogP contribution in [-0.2, 0) is 16.6 Å². The van der Waals surface area contributed by atoms with Crippen LogP contribution in [0.4, 0.5) is 0 Å². The highest BCUT2D eigenvalue weighted by atomic mass is 35.5. The maximum Gasteiger partial charge on any atom is 0.275 e. The van der Waals surface area contributed by atoms with Gasteiger partial charge in [0.15, 0.2) is 5.69 Å². The summed E-state index contributed by atoms with van der Waals surface area (Å²) in [6.07, 6.45) is 2.69. The normalized spacial score (nSPS) is 15.7. The fraction of sp³-hybridized carbons (Fsp3) is 0.417. The molecular weight excluding hydrogens is 460 g/mol. The van der Waals surface area contributed by atoms with Crippen molar-refractivity contribution in [3.05, 3.63) is 64.8 Å². The molecule has 1 N–H and O–H groups in total. The second-order valence-corrected chi connectivity index (χ2v) is 11.0. The molecule has 1 aliphatic heterocycles. The molecule has 0 bridgehead atoms. The average molecular weight is 489 g/mol. The monoisotopic (exact) mass is 488 g/mol. The number of aromatic amines is 1. The first-order valence-corrected chi connectivity index (χ1v) is 13.3. The number of piperidine rings is 1. The second-order valence-electron chi connectivity index (χ2n) is 8.48. The summed E-state index contributed by atoms with van der Waals surface area (Å²) in [6, 6.07) is 15.1. The minimum absolute atomic E-state index is 0.0822. The molecule has 1 saturated heterocycles. The summed E-state index contributed by atoms with van der Waals surface area (Å²) >= 11 is 6.18. The maximum absolute atomic E-state index is 13.7. The van der Waals surface area contributed by atoms with E-state index in [1.807, 2.05) is 48.2 Å². The van der Waals surface area contributed by atoms with Crippen molar-refractivity contribution in [2.75, 3.05) is 18.8 Å². The molecule has 0 saturated carbocycles. The Balaban J connectivity index is 1.58. The number of carbonyl (C=O) groups is 1. The summed E-state index contributed by atoms with van der Waals surface area (Å²) < 4.78 is 26.8. The Kier molecular flexibility index (Phi) is 7.36. The van der Waals surface area contributed by atoms with E-state index >= 15 is 0 Å². The quantitative estimate of drug-likeness (QED) is 0.507. The molecule has 1 aromatic heterocycles. The molecule has 33 heavy (non-hydrogen) atoms. The number of aromatic nitrogens is 2. The number of hydrogen-bond donors (Lipinski definition) is 1. The van der Waals surface area contributed by atoms with Gasteiger partial charge in [-0.25, -0.2) is 12.7 Å². The minimum Gasteiger partial charge on any atom is -0.330 e. The van der Waals surface area contributed by atoms with Gasteiger partial charge in [0, 0.05) is 36.1 Å². The van der Waals surface area contributed by atoms with E-state index in [9.17, 15) is 13.2 Å². The third-order valence-corrected chi connectivity index (χ3v) is 8.39. The molecule has 1 fully saturated rings. The molecule has 176 valence electrons. The number of halogens is 1. The summed E-state index contributed by atoms with van der Waals surface area (Å²) in [5.74, 6) is 0.000524. The molecule has 9 heteroatoms. The van der Waals surface area contributed by atoms with Crippen LogP contribution in [0.3, 0.4) is 0 Å². The molecule has 7 nitrogen and oxygen atoms in total.